The lowest BCUT2D eigenvalue weighted by Crippen LogP contribution is -2.08. The fourth-order valence-corrected chi connectivity index (χ4v) is 2.82. The van der Waals surface area contributed by atoms with Gasteiger partial charge in [0.15, 0.2) is 0 Å². The summed E-state index contributed by atoms with van der Waals surface area (Å²) in [4.78, 5) is 11.5. The highest BCUT2D eigenvalue weighted by Crippen LogP contribution is 2.46. The quantitative estimate of drug-likeness (QED) is 0.867. The first-order valence-corrected chi connectivity index (χ1v) is 6.50. The lowest BCUT2D eigenvalue weighted by Gasteiger charge is -2.07. The number of nitrogen functional groups attached to an aromatic ring is 1. The Morgan fingerprint density at radius 3 is 2.81 bits per heavy atom. The first-order chi connectivity index (χ1) is 7.62. The molecule has 0 aliphatic heterocycles. The normalized spacial score (nSPS) is 17.9. The summed E-state index contributed by atoms with van der Waals surface area (Å²) in [5.74, 6) is 1.58. The number of fused-ring (bicyclic) bond motifs is 1. The molecule has 0 saturated heterocycles. The van der Waals surface area contributed by atoms with Crippen LogP contribution in [0.15, 0.2) is 6.07 Å². The number of aryl methyl sites for hydroxylation is 1. The molecule has 0 spiro atoms. The molecule has 3 rings (SSSR count). The number of anilines is 1. The third-order valence-corrected chi connectivity index (χ3v) is 4.53. The van der Waals surface area contributed by atoms with Crippen LogP contribution in [0.5, 0.6) is 0 Å². The van der Waals surface area contributed by atoms with E-state index in [0.29, 0.717) is 5.82 Å². The molecule has 2 aromatic rings. The minimum absolute atomic E-state index is 0.193. The monoisotopic (exact) mass is 233 g/mol. The van der Waals surface area contributed by atoms with E-state index in [0.717, 1.165) is 22.5 Å². The molecule has 1 saturated carbocycles. The topological polar surface area (TPSA) is 51.8 Å². The van der Waals surface area contributed by atoms with E-state index >= 15 is 0 Å². The molecule has 4 heteroatoms. The molecule has 1 fully saturated rings. The molecule has 1 aliphatic rings. The largest absolute Gasteiger partial charge is 0.383 e. The number of aromatic nitrogens is 2. The van der Waals surface area contributed by atoms with Gasteiger partial charge in [-0.2, -0.15) is 0 Å². The Kier molecular flexibility index (Phi) is 1.98. The van der Waals surface area contributed by atoms with E-state index in [2.05, 4.69) is 29.9 Å². The van der Waals surface area contributed by atoms with Gasteiger partial charge in [-0.1, -0.05) is 13.8 Å². The zero-order valence-electron chi connectivity index (χ0n) is 9.58. The third-order valence-electron chi connectivity index (χ3n) is 3.36. The highest BCUT2D eigenvalue weighted by Gasteiger charge is 2.42. The number of hydrogen-bond acceptors (Lipinski definition) is 4. The van der Waals surface area contributed by atoms with Gasteiger partial charge in [-0.25, -0.2) is 9.97 Å². The summed E-state index contributed by atoms with van der Waals surface area (Å²) in [5, 5.41) is 1.02. The average molecular weight is 233 g/mol. The summed E-state index contributed by atoms with van der Waals surface area (Å²) in [6.07, 6.45) is 3.40. The maximum Gasteiger partial charge on any atom is 0.138 e. The first-order valence-electron chi connectivity index (χ1n) is 5.69. The van der Waals surface area contributed by atoms with Gasteiger partial charge in [0, 0.05) is 10.3 Å². The maximum atomic E-state index is 6.01. The van der Waals surface area contributed by atoms with Crippen molar-refractivity contribution in [1.29, 1.82) is 0 Å². The predicted octanol–water partition coefficient (Wildman–Crippen LogP) is 2.89. The zero-order chi connectivity index (χ0) is 11.3. The minimum atomic E-state index is 0.193. The third kappa shape index (κ3) is 1.40. The van der Waals surface area contributed by atoms with E-state index in [1.165, 1.54) is 17.7 Å². The second-order valence-electron chi connectivity index (χ2n) is 4.78. The van der Waals surface area contributed by atoms with Gasteiger partial charge in [0.1, 0.15) is 16.5 Å². The Morgan fingerprint density at radius 2 is 2.19 bits per heavy atom. The molecule has 2 N–H and O–H groups in total. The van der Waals surface area contributed by atoms with Crippen molar-refractivity contribution < 1.29 is 0 Å². The van der Waals surface area contributed by atoms with Gasteiger partial charge in [0.25, 0.3) is 0 Å². The summed E-state index contributed by atoms with van der Waals surface area (Å²) < 4.78 is 0. The van der Waals surface area contributed by atoms with Crippen molar-refractivity contribution in [3.8, 4) is 0 Å². The molecule has 1 aliphatic carbocycles. The summed E-state index contributed by atoms with van der Waals surface area (Å²) in [7, 11) is 0. The fraction of sp³-hybridized carbons (Fsp3) is 0.500. The van der Waals surface area contributed by atoms with Crippen LogP contribution >= 0.6 is 11.3 Å². The van der Waals surface area contributed by atoms with Gasteiger partial charge in [0.05, 0.1) is 5.39 Å². The molecular weight excluding hydrogens is 218 g/mol. The number of nitrogens with zero attached hydrogens (tertiary/aromatic N) is 2. The predicted molar refractivity (Wildman–Crippen MR) is 67.8 cm³/mol. The standard InChI is InChI=1S/C12H15N3S/c1-3-7-6-8-9(13)14-11(12(2)4-5-12)15-10(8)16-7/h6H,3-5H2,1-2H3,(H2,13,14,15). The van der Waals surface area contributed by atoms with Crippen LogP contribution in [0.3, 0.4) is 0 Å². The van der Waals surface area contributed by atoms with Crippen LogP contribution in [0.4, 0.5) is 5.82 Å². The minimum Gasteiger partial charge on any atom is -0.383 e. The van der Waals surface area contributed by atoms with E-state index < -0.39 is 0 Å². The van der Waals surface area contributed by atoms with E-state index in [-0.39, 0.29) is 5.41 Å². The molecule has 0 unspecified atom stereocenters. The zero-order valence-corrected chi connectivity index (χ0v) is 10.4. The molecule has 0 radical (unpaired) electrons. The molecule has 0 aromatic carbocycles. The van der Waals surface area contributed by atoms with E-state index in [1.54, 1.807) is 11.3 Å². The van der Waals surface area contributed by atoms with Crippen molar-refractivity contribution in [3.63, 3.8) is 0 Å². The van der Waals surface area contributed by atoms with Crippen LogP contribution in [0.2, 0.25) is 0 Å². The highest BCUT2D eigenvalue weighted by molar-refractivity contribution is 7.18. The van der Waals surface area contributed by atoms with Crippen molar-refractivity contribution in [2.24, 2.45) is 0 Å². The van der Waals surface area contributed by atoms with Crippen LogP contribution in [-0.4, -0.2) is 9.97 Å². The molecular formula is C12H15N3S. The van der Waals surface area contributed by atoms with Gasteiger partial charge in [-0.15, -0.1) is 11.3 Å². The fourth-order valence-electron chi connectivity index (χ4n) is 1.85. The van der Waals surface area contributed by atoms with Crippen molar-refractivity contribution in [2.75, 3.05) is 5.73 Å². The molecule has 16 heavy (non-hydrogen) atoms. The van der Waals surface area contributed by atoms with E-state index in [4.69, 9.17) is 5.73 Å². The lowest BCUT2D eigenvalue weighted by molar-refractivity contribution is 0.718. The second kappa shape index (κ2) is 3.17. The molecule has 3 nitrogen and oxygen atoms in total. The Labute approximate surface area is 98.7 Å². The summed E-state index contributed by atoms with van der Waals surface area (Å²) in [6.45, 7) is 4.36. The average Bonchev–Trinajstić information content (AvgIpc) is 2.87. The van der Waals surface area contributed by atoms with Gasteiger partial charge < -0.3 is 5.73 Å². The Hall–Kier alpha value is -1.16. The van der Waals surface area contributed by atoms with Gasteiger partial charge in [-0.3, -0.25) is 0 Å². The van der Waals surface area contributed by atoms with Crippen molar-refractivity contribution in [2.45, 2.75) is 38.5 Å². The van der Waals surface area contributed by atoms with E-state index in [1.807, 2.05) is 0 Å². The van der Waals surface area contributed by atoms with Crippen LogP contribution in [0, 0.1) is 0 Å². The molecule has 84 valence electrons. The first kappa shape index (κ1) is 10.0. The molecule has 2 aromatic heterocycles. The summed E-state index contributed by atoms with van der Waals surface area (Å²) in [5.41, 5.74) is 6.20. The number of thiophene rings is 1. The number of hydrogen-bond donors (Lipinski definition) is 1. The molecule has 0 amide bonds. The van der Waals surface area contributed by atoms with Gasteiger partial charge in [-0.05, 0) is 25.3 Å². The molecule has 2 heterocycles. The smallest absolute Gasteiger partial charge is 0.138 e. The van der Waals surface area contributed by atoms with Crippen molar-refractivity contribution in [1.82, 2.24) is 9.97 Å². The van der Waals surface area contributed by atoms with Gasteiger partial charge >= 0.3 is 0 Å². The van der Waals surface area contributed by atoms with Crippen LogP contribution in [-0.2, 0) is 11.8 Å². The SMILES string of the molecule is CCc1cc2c(N)nc(C3(C)CC3)nc2s1. The summed E-state index contributed by atoms with van der Waals surface area (Å²) >= 11 is 1.74. The number of nitrogens with two attached hydrogens (primary N) is 1. The lowest BCUT2D eigenvalue weighted by atomic mass is 10.1. The Bertz CT molecular complexity index is 555. The maximum absolute atomic E-state index is 6.01. The van der Waals surface area contributed by atoms with Crippen LogP contribution in [0.25, 0.3) is 10.2 Å². The summed E-state index contributed by atoms with van der Waals surface area (Å²) in [6, 6.07) is 2.12. The molecule has 0 atom stereocenters. The Morgan fingerprint density at radius 1 is 1.44 bits per heavy atom. The van der Waals surface area contributed by atoms with Crippen molar-refractivity contribution in [3.05, 3.63) is 16.8 Å². The van der Waals surface area contributed by atoms with Gasteiger partial charge in [0.2, 0.25) is 0 Å². The molecule has 0 bridgehead atoms. The van der Waals surface area contributed by atoms with Crippen molar-refractivity contribution >= 4 is 27.4 Å². The Balaban J connectivity index is 2.20. The van der Waals surface area contributed by atoms with Crippen LogP contribution < -0.4 is 5.73 Å². The second-order valence-corrected chi connectivity index (χ2v) is 5.89. The number of rotatable bonds is 2. The van der Waals surface area contributed by atoms with Crippen LogP contribution in [0.1, 0.15) is 37.4 Å². The van der Waals surface area contributed by atoms with E-state index in [9.17, 15) is 0 Å². The highest BCUT2D eigenvalue weighted by atomic mass is 32.1.